The maximum absolute atomic E-state index is 12.7. The molecule has 3 atom stereocenters. The third kappa shape index (κ3) is 2.53. The van der Waals surface area contributed by atoms with Gasteiger partial charge in [0.2, 0.25) is 5.91 Å². The fraction of sp³-hybridized carbons (Fsp3) is 0.692. The van der Waals surface area contributed by atoms with Gasteiger partial charge in [-0.15, -0.1) is 0 Å². The summed E-state index contributed by atoms with van der Waals surface area (Å²) in [7, 11) is -0.304. The zero-order chi connectivity index (χ0) is 15.9. The molecule has 1 amide bonds. The smallest absolute Gasteiger partial charge is 0.262 e. The normalized spacial score (nSPS) is 29.3. The minimum Gasteiger partial charge on any atom is -0.363 e. The summed E-state index contributed by atoms with van der Waals surface area (Å²) in [5.41, 5.74) is 0. The van der Waals surface area contributed by atoms with E-state index in [1.165, 1.54) is 16.8 Å². The first kappa shape index (κ1) is 15.4. The van der Waals surface area contributed by atoms with Crippen LogP contribution in [-0.4, -0.2) is 60.0 Å². The molecule has 2 saturated heterocycles. The van der Waals surface area contributed by atoms with Crippen LogP contribution in [0.4, 0.5) is 0 Å². The minimum absolute atomic E-state index is 0.0593. The minimum atomic E-state index is -3.61. The largest absolute Gasteiger partial charge is 0.363 e. The van der Waals surface area contributed by atoms with Crippen molar-refractivity contribution in [3.05, 3.63) is 12.5 Å². The van der Waals surface area contributed by atoms with Crippen LogP contribution in [0.3, 0.4) is 0 Å². The molecule has 0 saturated carbocycles. The van der Waals surface area contributed by atoms with Gasteiger partial charge in [0.25, 0.3) is 10.0 Å². The number of aromatic nitrogens is 2. The second-order valence-corrected chi connectivity index (χ2v) is 7.54. The Labute approximate surface area is 129 Å². The number of nitrogens with one attached hydrogen (secondary N) is 1. The lowest BCUT2D eigenvalue weighted by atomic mass is 9.99. The van der Waals surface area contributed by atoms with Gasteiger partial charge in [0, 0.05) is 26.8 Å². The van der Waals surface area contributed by atoms with Gasteiger partial charge >= 0.3 is 0 Å². The van der Waals surface area contributed by atoms with Crippen LogP contribution >= 0.6 is 0 Å². The number of rotatable bonds is 3. The van der Waals surface area contributed by atoms with Crippen LogP contribution in [0.25, 0.3) is 0 Å². The summed E-state index contributed by atoms with van der Waals surface area (Å²) in [4.78, 5) is 15.6. The highest BCUT2D eigenvalue weighted by molar-refractivity contribution is 7.89. The molecule has 3 rings (SSSR count). The SMILES string of the molecule is CNC(=O)[C@H]1CC[C@H]2[C@H](CCN2S(=O)(=O)c2cn(C)cn2)O1. The van der Waals surface area contributed by atoms with Gasteiger partial charge in [-0.3, -0.25) is 4.79 Å². The van der Waals surface area contributed by atoms with Crippen molar-refractivity contribution in [3.63, 3.8) is 0 Å². The molecule has 0 aromatic carbocycles. The van der Waals surface area contributed by atoms with Crippen molar-refractivity contribution in [2.24, 2.45) is 7.05 Å². The van der Waals surface area contributed by atoms with Crippen molar-refractivity contribution in [1.82, 2.24) is 19.2 Å². The molecule has 0 aliphatic carbocycles. The van der Waals surface area contributed by atoms with Crippen LogP contribution in [0.2, 0.25) is 0 Å². The van der Waals surface area contributed by atoms with Gasteiger partial charge in [0.05, 0.1) is 18.5 Å². The number of aryl methyl sites for hydroxylation is 1. The molecule has 0 unspecified atom stereocenters. The number of fused-ring (bicyclic) bond motifs is 1. The average molecular weight is 328 g/mol. The molecule has 0 bridgehead atoms. The Morgan fingerprint density at radius 3 is 2.82 bits per heavy atom. The Morgan fingerprint density at radius 1 is 1.41 bits per heavy atom. The number of amides is 1. The fourth-order valence-corrected chi connectivity index (χ4v) is 4.85. The molecule has 22 heavy (non-hydrogen) atoms. The van der Waals surface area contributed by atoms with Gasteiger partial charge in [-0.25, -0.2) is 13.4 Å². The van der Waals surface area contributed by atoms with Crippen LogP contribution in [0.5, 0.6) is 0 Å². The number of hydrogen-bond acceptors (Lipinski definition) is 5. The lowest BCUT2D eigenvalue weighted by Crippen LogP contribution is -2.48. The molecule has 9 heteroatoms. The Balaban J connectivity index is 1.78. The number of carbonyl (C=O) groups is 1. The van der Waals surface area contributed by atoms with Gasteiger partial charge < -0.3 is 14.6 Å². The number of sulfonamides is 1. The van der Waals surface area contributed by atoms with Crippen molar-refractivity contribution in [3.8, 4) is 0 Å². The number of carbonyl (C=O) groups excluding carboxylic acids is 1. The first-order chi connectivity index (χ1) is 10.4. The molecular weight excluding hydrogens is 308 g/mol. The molecule has 1 aromatic rings. The summed E-state index contributed by atoms with van der Waals surface area (Å²) in [5.74, 6) is -0.149. The van der Waals surface area contributed by atoms with E-state index in [1.54, 1.807) is 18.7 Å². The van der Waals surface area contributed by atoms with E-state index >= 15 is 0 Å². The third-order valence-corrected chi connectivity index (χ3v) is 6.10. The summed E-state index contributed by atoms with van der Waals surface area (Å²) < 4.78 is 34.2. The maximum atomic E-state index is 12.7. The van der Waals surface area contributed by atoms with E-state index in [1.807, 2.05) is 0 Å². The summed E-state index contributed by atoms with van der Waals surface area (Å²) in [6, 6.07) is -0.215. The summed E-state index contributed by atoms with van der Waals surface area (Å²) >= 11 is 0. The second kappa shape index (κ2) is 5.64. The third-order valence-electron chi connectivity index (χ3n) is 4.29. The number of imidazole rings is 1. The van der Waals surface area contributed by atoms with Crippen LogP contribution < -0.4 is 5.32 Å². The van der Waals surface area contributed by atoms with E-state index in [0.717, 1.165) is 0 Å². The lowest BCUT2D eigenvalue weighted by Gasteiger charge is -2.34. The zero-order valence-electron chi connectivity index (χ0n) is 12.6. The van der Waals surface area contributed by atoms with Gasteiger partial charge in [-0.2, -0.15) is 4.31 Å². The van der Waals surface area contributed by atoms with Crippen LogP contribution in [0.1, 0.15) is 19.3 Å². The monoisotopic (exact) mass is 328 g/mol. The van der Waals surface area contributed by atoms with Crippen molar-refractivity contribution >= 4 is 15.9 Å². The molecule has 8 nitrogen and oxygen atoms in total. The van der Waals surface area contributed by atoms with Crippen LogP contribution in [0, 0.1) is 0 Å². The number of hydrogen-bond donors (Lipinski definition) is 1. The van der Waals surface area contributed by atoms with Gasteiger partial charge in [-0.1, -0.05) is 0 Å². The topological polar surface area (TPSA) is 93.5 Å². The highest BCUT2D eigenvalue weighted by Gasteiger charge is 2.46. The Bertz CT molecular complexity index is 671. The van der Waals surface area contributed by atoms with Crippen molar-refractivity contribution in [1.29, 1.82) is 0 Å². The molecule has 1 aromatic heterocycles. The first-order valence-corrected chi connectivity index (χ1v) is 8.74. The molecule has 2 aliphatic rings. The zero-order valence-corrected chi connectivity index (χ0v) is 13.4. The van der Waals surface area contributed by atoms with E-state index in [0.29, 0.717) is 25.8 Å². The molecule has 122 valence electrons. The summed E-state index contributed by atoms with van der Waals surface area (Å²) in [5, 5.41) is 2.64. The number of likely N-dealkylation sites (N-methyl/N-ethyl adjacent to an activating group) is 1. The molecule has 1 N–H and O–H groups in total. The van der Waals surface area contributed by atoms with Crippen LogP contribution in [0.15, 0.2) is 17.6 Å². The predicted octanol–water partition coefficient (Wildman–Crippen LogP) is -0.523. The molecular formula is C13H20N4O4S. The summed E-state index contributed by atoms with van der Waals surface area (Å²) in [6.45, 7) is 0.398. The van der Waals surface area contributed by atoms with E-state index in [2.05, 4.69) is 10.3 Å². The van der Waals surface area contributed by atoms with Crippen LogP contribution in [-0.2, 0) is 26.6 Å². The van der Waals surface area contributed by atoms with E-state index in [-0.39, 0.29) is 23.1 Å². The highest BCUT2D eigenvalue weighted by atomic mass is 32.2. The quantitative estimate of drug-likeness (QED) is 0.805. The molecule has 3 heterocycles. The number of nitrogens with zero attached hydrogens (tertiary/aromatic N) is 3. The standard InChI is InChI=1S/C13H20N4O4S/c1-14-13(18)11-4-3-9-10(21-11)5-6-17(9)22(19,20)12-7-16(2)8-15-12/h7-11H,3-6H2,1-2H3,(H,14,18)/t9-,10-,11+/m0/s1. The average Bonchev–Trinajstić information content (AvgIpc) is 3.12. The van der Waals surface area contributed by atoms with Gasteiger partial charge in [0.15, 0.2) is 5.03 Å². The molecule has 2 aliphatic heterocycles. The Morgan fingerprint density at radius 2 is 2.18 bits per heavy atom. The van der Waals surface area contributed by atoms with E-state index in [9.17, 15) is 13.2 Å². The summed E-state index contributed by atoms with van der Waals surface area (Å²) in [6.07, 6.45) is 4.01. The maximum Gasteiger partial charge on any atom is 0.262 e. The molecule has 0 spiro atoms. The molecule has 2 fully saturated rings. The van der Waals surface area contributed by atoms with Gasteiger partial charge in [0.1, 0.15) is 6.10 Å². The van der Waals surface area contributed by atoms with Crippen molar-refractivity contribution in [2.45, 2.75) is 42.5 Å². The fourth-order valence-electron chi connectivity index (χ4n) is 3.18. The lowest BCUT2D eigenvalue weighted by molar-refractivity contribution is -0.142. The van der Waals surface area contributed by atoms with E-state index in [4.69, 9.17) is 4.74 Å². The molecule has 0 radical (unpaired) electrons. The highest BCUT2D eigenvalue weighted by Crippen LogP contribution is 2.34. The number of ether oxygens (including phenoxy) is 1. The Hall–Kier alpha value is -1.45. The first-order valence-electron chi connectivity index (χ1n) is 7.30. The van der Waals surface area contributed by atoms with E-state index < -0.39 is 16.1 Å². The van der Waals surface area contributed by atoms with Crippen molar-refractivity contribution in [2.75, 3.05) is 13.6 Å². The predicted molar refractivity (Wildman–Crippen MR) is 77.5 cm³/mol. The second-order valence-electron chi connectivity index (χ2n) is 5.70. The van der Waals surface area contributed by atoms with Crippen molar-refractivity contribution < 1.29 is 17.9 Å². The van der Waals surface area contributed by atoms with Gasteiger partial charge in [-0.05, 0) is 19.3 Å². The Kier molecular flexibility index (Phi) is 3.96.